The molecule has 0 radical (unpaired) electrons. The van der Waals surface area contributed by atoms with Crippen molar-refractivity contribution in [3.8, 4) is 11.5 Å². The van der Waals surface area contributed by atoms with Crippen LogP contribution in [0.4, 0.5) is 0 Å². The van der Waals surface area contributed by atoms with Crippen LogP contribution in [0.15, 0.2) is 16.8 Å². The van der Waals surface area contributed by atoms with Crippen LogP contribution in [0.3, 0.4) is 0 Å². The fraction of sp³-hybridized carbons (Fsp3) is 0.500. The van der Waals surface area contributed by atoms with Crippen LogP contribution in [-0.4, -0.2) is 51.2 Å². The van der Waals surface area contributed by atoms with Gasteiger partial charge >= 0.3 is 0 Å². The summed E-state index contributed by atoms with van der Waals surface area (Å²) in [5.74, 6) is 1.86. The molecule has 0 spiro atoms. The molecule has 1 fully saturated rings. The first-order chi connectivity index (χ1) is 9.31. The average molecular weight is 260 g/mol. The van der Waals surface area contributed by atoms with Gasteiger partial charge in [0.15, 0.2) is 0 Å². The smallest absolute Gasteiger partial charge is 0.241 e. The summed E-state index contributed by atoms with van der Waals surface area (Å²) in [7, 11) is 0. The minimum absolute atomic E-state index is 0.524. The molecule has 1 aliphatic heterocycles. The maximum absolute atomic E-state index is 5.28. The van der Waals surface area contributed by atoms with Crippen LogP contribution >= 0.6 is 0 Å². The van der Waals surface area contributed by atoms with E-state index >= 15 is 0 Å². The van der Waals surface area contributed by atoms with E-state index in [4.69, 9.17) is 4.52 Å². The van der Waals surface area contributed by atoms with Gasteiger partial charge in [0.1, 0.15) is 11.5 Å². The highest BCUT2D eigenvalue weighted by atomic mass is 16.5. The summed E-state index contributed by atoms with van der Waals surface area (Å²) in [6, 6.07) is 1.78. The molecule has 1 aliphatic rings. The maximum atomic E-state index is 5.28. The zero-order valence-electron chi connectivity index (χ0n) is 10.8. The third kappa shape index (κ3) is 2.94. The van der Waals surface area contributed by atoms with Crippen molar-refractivity contribution in [3.63, 3.8) is 0 Å². The molecule has 7 heteroatoms. The zero-order chi connectivity index (χ0) is 13.1. The highest BCUT2D eigenvalue weighted by Crippen LogP contribution is 2.13. The van der Waals surface area contributed by atoms with Gasteiger partial charge in [0, 0.05) is 32.4 Å². The Labute approximate surface area is 111 Å². The van der Waals surface area contributed by atoms with Gasteiger partial charge in [0.25, 0.3) is 0 Å². The van der Waals surface area contributed by atoms with Crippen LogP contribution in [-0.2, 0) is 6.54 Å². The van der Waals surface area contributed by atoms with Crippen LogP contribution in [0.5, 0.6) is 0 Å². The van der Waals surface area contributed by atoms with E-state index in [9.17, 15) is 0 Å². The molecule has 0 amide bonds. The number of nitrogens with zero attached hydrogens (tertiary/aromatic N) is 5. The summed E-state index contributed by atoms with van der Waals surface area (Å²) in [4.78, 5) is 15.0. The average Bonchev–Trinajstić information content (AvgIpc) is 2.88. The lowest BCUT2D eigenvalue weighted by Gasteiger charge is -2.25. The lowest BCUT2D eigenvalue weighted by Crippen LogP contribution is -2.42. The lowest BCUT2D eigenvalue weighted by molar-refractivity contribution is 0.203. The third-order valence-corrected chi connectivity index (χ3v) is 3.04. The van der Waals surface area contributed by atoms with Crippen molar-refractivity contribution in [2.75, 3.05) is 26.2 Å². The van der Waals surface area contributed by atoms with Crippen molar-refractivity contribution in [3.05, 3.63) is 24.0 Å². The second kappa shape index (κ2) is 5.41. The molecule has 7 nitrogen and oxygen atoms in total. The lowest BCUT2D eigenvalue weighted by atomic mass is 10.3. The zero-order valence-corrected chi connectivity index (χ0v) is 10.8. The van der Waals surface area contributed by atoms with Gasteiger partial charge < -0.3 is 9.84 Å². The highest BCUT2D eigenvalue weighted by Gasteiger charge is 2.15. The second-order valence-corrected chi connectivity index (χ2v) is 4.53. The van der Waals surface area contributed by atoms with Crippen molar-refractivity contribution in [1.29, 1.82) is 0 Å². The van der Waals surface area contributed by atoms with Gasteiger partial charge in [-0.15, -0.1) is 0 Å². The van der Waals surface area contributed by atoms with E-state index in [2.05, 4.69) is 30.3 Å². The van der Waals surface area contributed by atoms with Crippen LogP contribution in [0, 0.1) is 6.92 Å². The number of aromatic nitrogens is 4. The van der Waals surface area contributed by atoms with Crippen molar-refractivity contribution in [2.45, 2.75) is 13.5 Å². The van der Waals surface area contributed by atoms with Gasteiger partial charge in [0.2, 0.25) is 11.7 Å². The molecule has 2 aromatic heterocycles. The van der Waals surface area contributed by atoms with Crippen molar-refractivity contribution >= 4 is 0 Å². The topological polar surface area (TPSA) is 80.0 Å². The Bertz CT molecular complexity index is 549. The standard InChI is InChI=1S/C12H16N6O/c1-9-14-3-2-10(15-9)12-16-11(19-17-12)8-18-6-4-13-5-7-18/h2-3,13H,4-8H2,1H3. The Morgan fingerprint density at radius 1 is 1.32 bits per heavy atom. The summed E-state index contributed by atoms with van der Waals surface area (Å²) < 4.78 is 5.28. The molecule has 19 heavy (non-hydrogen) atoms. The van der Waals surface area contributed by atoms with Crippen LogP contribution < -0.4 is 5.32 Å². The summed E-state index contributed by atoms with van der Waals surface area (Å²) in [6.07, 6.45) is 1.70. The molecule has 100 valence electrons. The van der Waals surface area contributed by atoms with Gasteiger partial charge in [-0.3, -0.25) is 4.90 Å². The largest absolute Gasteiger partial charge is 0.337 e. The van der Waals surface area contributed by atoms with E-state index in [0.29, 0.717) is 29.8 Å². The monoisotopic (exact) mass is 260 g/mol. The van der Waals surface area contributed by atoms with Crippen molar-refractivity contribution < 1.29 is 4.52 Å². The van der Waals surface area contributed by atoms with Crippen molar-refractivity contribution in [1.82, 2.24) is 30.3 Å². The van der Waals surface area contributed by atoms with E-state index in [-0.39, 0.29) is 0 Å². The molecule has 3 rings (SSSR count). The van der Waals surface area contributed by atoms with E-state index in [0.717, 1.165) is 26.2 Å². The maximum Gasteiger partial charge on any atom is 0.241 e. The van der Waals surface area contributed by atoms with Crippen LogP contribution in [0.1, 0.15) is 11.7 Å². The molecular weight excluding hydrogens is 244 g/mol. The normalized spacial score (nSPS) is 16.7. The van der Waals surface area contributed by atoms with Gasteiger partial charge in [-0.05, 0) is 13.0 Å². The molecule has 0 bridgehead atoms. The summed E-state index contributed by atoms with van der Waals surface area (Å²) >= 11 is 0. The number of nitrogens with one attached hydrogen (secondary N) is 1. The Morgan fingerprint density at radius 3 is 2.95 bits per heavy atom. The van der Waals surface area contributed by atoms with E-state index in [1.807, 2.05) is 6.92 Å². The van der Waals surface area contributed by atoms with Gasteiger partial charge in [-0.1, -0.05) is 5.16 Å². The second-order valence-electron chi connectivity index (χ2n) is 4.53. The first-order valence-corrected chi connectivity index (χ1v) is 6.37. The fourth-order valence-corrected chi connectivity index (χ4v) is 2.06. The Hall–Kier alpha value is -1.86. The van der Waals surface area contributed by atoms with Gasteiger partial charge in [0.05, 0.1) is 6.54 Å². The van der Waals surface area contributed by atoms with Gasteiger partial charge in [-0.25, -0.2) is 9.97 Å². The molecular formula is C12H16N6O. The molecule has 3 heterocycles. The number of rotatable bonds is 3. The van der Waals surface area contributed by atoms with Crippen molar-refractivity contribution in [2.24, 2.45) is 0 Å². The number of hydrogen-bond acceptors (Lipinski definition) is 7. The molecule has 2 aromatic rings. The minimum Gasteiger partial charge on any atom is -0.337 e. The molecule has 0 saturated carbocycles. The Morgan fingerprint density at radius 2 is 2.16 bits per heavy atom. The predicted molar refractivity (Wildman–Crippen MR) is 68.2 cm³/mol. The van der Waals surface area contributed by atoms with Gasteiger partial charge in [-0.2, -0.15) is 4.98 Å². The molecule has 0 aliphatic carbocycles. The summed E-state index contributed by atoms with van der Waals surface area (Å²) in [5.41, 5.74) is 0.697. The molecule has 0 atom stereocenters. The van der Waals surface area contributed by atoms with E-state index < -0.39 is 0 Å². The number of hydrogen-bond donors (Lipinski definition) is 1. The molecule has 1 N–H and O–H groups in total. The molecule has 1 saturated heterocycles. The highest BCUT2D eigenvalue weighted by molar-refractivity contribution is 5.46. The van der Waals surface area contributed by atoms with E-state index in [1.165, 1.54) is 0 Å². The fourth-order valence-electron chi connectivity index (χ4n) is 2.06. The summed E-state index contributed by atoms with van der Waals surface area (Å²) in [6.45, 7) is 6.55. The molecule has 0 unspecified atom stereocenters. The predicted octanol–water partition coefficient (Wildman–Crippen LogP) is 0.240. The first kappa shape index (κ1) is 12.2. The Kier molecular flexibility index (Phi) is 3.47. The molecule has 0 aromatic carbocycles. The number of piperazine rings is 1. The van der Waals surface area contributed by atoms with Crippen LogP contribution in [0.25, 0.3) is 11.5 Å². The Balaban J connectivity index is 1.72. The minimum atomic E-state index is 0.524. The SMILES string of the molecule is Cc1nccc(-c2noc(CN3CCNCC3)n2)n1. The third-order valence-electron chi connectivity index (χ3n) is 3.04. The summed E-state index contributed by atoms with van der Waals surface area (Å²) in [5, 5.41) is 7.29. The first-order valence-electron chi connectivity index (χ1n) is 6.37. The number of aryl methyl sites for hydroxylation is 1. The van der Waals surface area contributed by atoms with E-state index in [1.54, 1.807) is 12.3 Å². The van der Waals surface area contributed by atoms with Crippen LogP contribution in [0.2, 0.25) is 0 Å². The quantitative estimate of drug-likeness (QED) is 0.846.